The number of aromatic nitrogens is 1. The quantitative estimate of drug-likeness (QED) is 0.434. The zero-order valence-electron chi connectivity index (χ0n) is 3.16. The second kappa shape index (κ2) is 2.91. The Balaban J connectivity index is 0.000000250. The second-order valence-electron chi connectivity index (χ2n) is 0.688. The average molecular weight is 95.9 g/mol. The third-order valence-electron chi connectivity index (χ3n) is 0.347. The van der Waals surface area contributed by atoms with E-state index in [-0.39, 0.29) is 8.41 Å². The lowest BCUT2D eigenvalue weighted by Crippen LogP contribution is -1.32. The van der Waals surface area contributed by atoms with Gasteiger partial charge < -0.3 is 0 Å². The summed E-state index contributed by atoms with van der Waals surface area (Å²) in [5.74, 6) is 0. The van der Waals surface area contributed by atoms with Crippen molar-refractivity contribution >= 4 is 19.9 Å². The first-order chi connectivity index (χ1) is 2.50. The highest BCUT2D eigenvalue weighted by molar-refractivity contribution is 7.03. The first kappa shape index (κ1) is 5.69. The van der Waals surface area contributed by atoms with Gasteiger partial charge >= 0.3 is 0 Å². The van der Waals surface area contributed by atoms with Gasteiger partial charge in [-0.1, -0.05) is 0 Å². The monoisotopic (exact) mass is 96.0 g/mol. The van der Waals surface area contributed by atoms with E-state index in [1.807, 2.05) is 11.4 Å². The van der Waals surface area contributed by atoms with Gasteiger partial charge in [-0.25, -0.2) is 4.37 Å². The molecule has 0 unspecified atom stereocenters. The molecule has 1 rings (SSSR count). The Labute approximate surface area is 42.8 Å². The van der Waals surface area contributed by atoms with Crippen LogP contribution in [0.2, 0.25) is 0 Å². The van der Waals surface area contributed by atoms with Crippen LogP contribution in [0, 0.1) is 0 Å². The highest BCUT2D eigenvalue weighted by atomic mass is 32.1. The lowest BCUT2D eigenvalue weighted by molar-refractivity contribution is 1.58. The first-order valence-electron chi connectivity index (χ1n) is 1.34. The minimum atomic E-state index is 0. The molecule has 0 fully saturated rings. The molecule has 0 spiro atoms. The molecule has 0 saturated heterocycles. The Morgan fingerprint density at radius 3 is 2.50 bits per heavy atom. The molecule has 0 aliphatic carbocycles. The molecule has 29 valence electrons. The van der Waals surface area contributed by atoms with Crippen molar-refractivity contribution in [2.24, 2.45) is 0 Å². The zero-order valence-corrected chi connectivity index (χ0v) is 3.98. The van der Waals surface area contributed by atoms with Gasteiger partial charge in [-0.15, -0.1) is 0 Å². The molecule has 3 radical (unpaired) electrons. The van der Waals surface area contributed by atoms with E-state index in [2.05, 4.69) is 4.37 Å². The van der Waals surface area contributed by atoms with Gasteiger partial charge in [-0.3, -0.25) is 0 Å². The van der Waals surface area contributed by atoms with Gasteiger partial charge in [-0.05, 0) is 17.6 Å². The standard InChI is InChI=1S/C3H3NS.B/c1-2-4-5-3-1;/h1-3H;. The molecule has 1 heterocycles. The third kappa shape index (κ3) is 1.22. The lowest BCUT2D eigenvalue weighted by Gasteiger charge is -1.41. The molecule has 1 aromatic rings. The number of rotatable bonds is 0. The normalized spacial score (nSPS) is 6.67. The maximum absolute atomic E-state index is 3.76. The summed E-state index contributed by atoms with van der Waals surface area (Å²) in [4.78, 5) is 0. The highest BCUT2D eigenvalue weighted by Crippen LogP contribution is 1.83. The molecule has 1 aromatic heterocycles. The van der Waals surface area contributed by atoms with E-state index in [1.54, 1.807) is 6.20 Å². The summed E-state index contributed by atoms with van der Waals surface area (Å²) in [5, 5.41) is 1.93. The van der Waals surface area contributed by atoms with Gasteiger partial charge in [-0.2, -0.15) is 0 Å². The van der Waals surface area contributed by atoms with Gasteiger partial charge in [0.05, 0.1) is 0 Å². The molecule has 0 amide bonds. The SMILES string of the molecule is [B].c1cnsc1. The number of hydrogen-bond donors (Lipinski definition) is 0. The molecule has 0 aromatic carbocycles. The molecule has 6 heavy (non-hydrogen) atoms. The Bertz CT molecular complexity index is 67.3. The van der Waals surface area contributed by atoms with Gasteiger partial charge in [0, 0.05) is 20.0 Å². The van der Waals surface area contributed by atoms with Crippen molar-refractivity contribution in [1.29, 1.82) is 0 Å². The summed E-state index contributed by atoms with van der Waals surface area (Å²) in [6, 6.07) is 1.91. The van der Waals surface area contributed by atoms with Crippen LogP contribution in [-0.2, 0) is 0 Å². The minimum Gasteiger partial charge on any atom is -0.201 e. The molecule has 1 nitrogen and oxygen atoms in total. The van der Waals surface area contributed by atoms with Crippen LogP contribution in [0.4, 0.5) is 0 Å². The van der Waals surface area contributed by atoms with E-state index >= 15 is 0 Å². The van der Waals surface area contributed by atoms with Gasteiger partial charge in [0.1, 0.15) is 0 Å². The Hall–Kier alpha value is -0.305. The molecule has 0 aliphatic rings. The van der Waals surface area contributed by atoms with Gasteiger partial charge in [0.15, 0.2) is 0 Å². The number of nitrogens with zero attached hydrogens (tertiary/aromatic N) is 1. The smallest absolute Gasteiger partial charge is 0.0406 e. The van der Waals surface area contributed by atoms with Crippen LogP contribution in [0.25, 0.3) is 0 Å². The predicted octanol–water partition coefficient (Wildman–Crippen LogP) is 0.762. The van der Waals surface area contributed by atoms with Crippen molar-refractivity contribution in [1.82, 2.24) is 4.37 Å². The first-order valence-corrected chi connectivity index (χ1v) is 2.18. The largest absolute Gasteiger partial charge is 0.201 e. The van der Waals surface area contributed by atoms with Crippen molar-refractivity contribution in [3.05, 3.63) is 17.6 Å². The Kier molecular flexibility index (Phi) is 2.76. The fraction of sp³-hybridized carbons (Fsp3) is 0. The van der Waals surface area contributed by atoms with Crippen LogP contribution in [0.5, 0.6) is 0 Å². The Morgan fingerprint density at radius 2 is 2.33 bits per heavy atom. The zero-order chi connectivity index (χ0) is 3.54. The summed E-state index contributed by atoms with van der Waals surface area (Å²) in [7, 11) is 0. The minimum absolute atomic E-state index is 0. The predicted molar refractivity (Wildman–Crippen MR) is 27.9 cm³/mol. The molecular weight excluding hydrogens is 92.9 g/mol. The lowest BCUT2D eigenvalue weighted by atomic mass is 10.8. The fourth-order valence-electron chi connectivity index (χ4n) is 0.176. The molecular formula is C3H3BNS. The van der Waals surface area contributed by atoms with Crippen LogP contribution in [-0.4, -0.2) is 12.8 Å². The van der Waals surface area contributed by atoms with Crippen LogP contribution < -0.4 is 0 Å². The van der Waals surface area contributed by atoms with E-state index in [4.69, 9.17) is 0 Å². The van der Waals surface area contributed by atoms with E-state index in [9.17, 15) is 0 Å². The van der Waals surface area contributed by atoms with Crippen LogP contribution >= 0.6 is 11.5 Å². The molecule has 3 heteroatoms. The van der Waals surface area contributed by atoms with E-state index in [1.165, 1.54) is 11.5 Å². The van der Waals surface area contributed by atoms with Crippen molar-refractivity contribution in [3.8, 4) is 0 Å². The van der Waals surface area contributed by atoms with Crippen molar-refractivity contribution in [2.45, 2.75) is 0 Å². The summed E-state index contributed by atoms with van der Waals surface area (Å²) in [6.45, 7) is 0. The second-order valence-corrected chi connectivity index (χ2v) is 1.38. The van der Waals surface area contributed by atoms with Crippen LogP contribution in [0.15, 0.2) is 17.6 Å². The van der Waals surface area contributed by atoms with Crippen molar-refractivity contribution < 1.29 is 0 Å². The van der Waals surface area contributed by atoms with E-state index in [0.29, 0.717) is 0 Å². The van der Waals surface area contributed by atoms with Gasteiger partial charge in [0.25, 0.3) is 0 Å². The number of hydrogen-bond acceptors (Lipinski definition) is 2. The van der Waals surface area contributed by atoms with Gasteiger partial charge in [0.2, 0.25) is 0 Å². The summed E-state index contributed by atoms with van der Waals surface area (Å²) in [5.41, 5.74) is 0. The maximum atomic E-state index is 3.76. The average Bonchev–Trinajstić information content (AvgIpc) is 1.76. The van der Waals surface area contributed by atoms with E-state index in [0.717, 1.165) is 0 Å². The Morgan fingerprint density at radius 1 is 1.50 bits per heavy atom. The molecule has 0 aliphatic heterocycles. The molecule has 0 atom stereocenters. The summed E-state index contributed by atoms with van der Waals surface area (Å²) in [6.07, 6.45) is 1.77. The summed E-state index contributed by atoms with van der Waals surface area (Å²) >= 11 is 1.46. The van der Waals surface area contributed by atoms with Crippen LogP contribution in [0.3, 0.4) is 0 Å². The molecule has 0 saturated carbocycles. The molecule has 0 N–H and O–H groups in total. The maximum Gasteiger partial charge on any atom is 0.0406 e. The van der Waals surface area contributed by atoms with Crippen molar-refractivity contribution in [3.63, 3.8) is 0 Å². The highest BCUT2D eigenvalue weighted by Gasteiger charge is 1.59. The van der Waals surface area contributed by atoms with E-state index < -0.39 is 0 Å². The third-order valence-corrected chi connectivity index (χ3v) is 0.869. The van der Waals surface area contributed by atoms with Crippen molar-refractivity contribution in [2.75, 3.05) is 0 Å². The summed E-state index contributed by atoms with van der Waals surface area (Å²) < 4.78 is 3.76. The fourth-order valence-corrected chi connectivity index (χ4v) is 0.527. The topological polar surface area (TPSA) is 12.9 Å². The molecule has 0 bridgehead atoms. The van der Waals surface area contributed by atoms with Crippen LogP contribution in [0.1, 0.15) is 0 Å².